The molecule has 1 aliphatic heterocycles. The Bertz CT molecular complexity index is 615. The van der Waals surface area contributed by atoms with Gasteiger partial charge in [-0.2, -0.15) is 0 Å². The Hall–Kier alpha value is -1.69. The van der Waals surface area contributed by atoms with Gasteiger partial charge in [-0.1, -0.05) is 11.6 Å². The molecule has 1 aromatic rings. The van der Waals surface area contributed by atoms with E-state index >= 15 is 0 Å². The summed E-state index contributed by atoms with van der Waals surface area (Å²) < 4.78 is 14.3. The van der Waals surface area contributed by atoms with Crippen molar-refractivity contribution in [3.05, 3.63) is 29.3 Å². The molecule has 2 N–H and O–H groups in total. The van der Waals surface area contributed by atoms with Crippen molar-refractivity contribution in [1.29, 1.82) is 5.41 Å². The van der Waals surface area contributed by atoms with Crippen molar-refractivity contribution < 1.29 is 9.00 Å². The monoisotopic (exact) mass is 321 g/mol. The number of nitrogens with zero attached hydrogens (tertiary/aromatic N) is 1. The van der Waals surface area contributed by atoms with Crippen LogP contribution >= 0.6 is 0 Å². The summed E-state index contributed by atoms with van der Waals surface area (Å²) in [6.45, 7) is 4.36. The number of rotatable bonds is 4. The van der Waals surface area contributed by atoms with Crippen LogP contribution < -0.4 is 4.72 Å². The number of nitrogens with one attached hydrogen (secondary N) is 2. The Morgan fingerprint density at radius 2 is 2.14 bits per heavy atom. The van der Waals surface area contributed by atoms with E-state index in [9.17, 15) is 9.00 Å². The molecule has 1 saturated heterocycles. The highest BCUT2D eigenvalue weighted by atomic mass is 32.2. The third-order valence-corrected chi connectivity index (χ3v) is 4.43. The molecule has 0 spiro atoms. The Morgan fingerprint density at radius 1 is 1.41 bits per heavy atom. The second-order valence-electron chi connectivity index (χ2n) is 5.80. The average molecular weight is 321 g/mol. The number of piperidine rings is 1. The smallest absolute Gasteiger partial charge is 0.256 e. The molecule has 0 saturated carbocycles. The molecule has 2 rings (SSSR count). The van der Waals surface area contributed by atoms with Gasteiger partial charge in [-0.3, -0.25) is 4.79 Å². The van der Waals surface area contributed by atoms with E-state index in [1.807, 2.05) is 19.1 Å². The van der Waals surface area contributed by atoms with Crippen molar-refractivity contribution in [2.45, 2.75) is 39.2 Å². The highest BCUT2D eigenvalue weighted by molar-refractivity contribution is 7.85. The lowest BCUT2D eigenvalue weighted by molar-refractivity contribution is 0.0680. The molecular formula is C16H23N3O2S. The summed E-state index contributed by atoms with van der Waals surface area (Å²) in [4.78, 5) is 14.7. The molecule has 120 valence electrons. The molecule has 0 bridgehead atoms. The number of amides is 1. The minimum atomic E-state index is -1.24. The third kappa shape index (κ3) is 3.74. The maximum atomic E-state index is 13.0. The van der Waals surface area contributed by atoms with E-state index in [4.69, 9.17) is 5.41 Å². The molecule has 2 unspecified atom stereocenters. The molecule has 0 aromatic heterocycles. The van der Waals surface area contributed by atoms with Crippen LogP contribution in [0.25, 0.3) is 0 Å². The molecule has 0 aliphatic carbocycles. The van der Waals surface area contributed by atoms with E-state index < -0.39 is 11.0 Å². The van der Waals surface area contributed by atoms with Crippen molar-refractivity contribution in [1.82, 2.24) is 4.90 Å². The maximum Gasteiger partial charge on any atom is 0.256 e. The predicted octanol–water partition coefficient (Wildman–Crippen LogP) is 2.73. The standard InChI is InChI=1S/C16H23N3O2S/c1-11-7-8-14(18-22(3)21)13(10-11)16(20)19-9-5-4-6-15(19)12(2)17/h7-8,10,15,17-18H,4-6,9H2,1-3H3. The Kier molecular flexibility index (Phi) is 5.34. The number of hydrogen-bond acceptors (Lipinski definition) is 3. The van der Waals surface area contributed by atoms with Crippen LogP contribution in [0.2, 0.25) is 0 Å². The zero-order valence-electron chi connectivity index (χ0n) is 13.3. The van der Waals surface area contributed by atoms with Gasteiger partial charge in [0.1, 0.15) is 11.0 Å². The van der Waals surface area contributed by atoms with E-state index in [2.05, 4.69) is 4.72 Å². The van der Waals surface area contributed by atoms with Crippen LogP contribution in [-0.4, -0.2) is 39.6 Å². The highest BCUT2D eigenvalue weighted by Crippen LogP contribution is 2.25. The first-order valence-electron chi connectivity index (χ1n) is 7.47. The summed E-state index contributed by atoms with van der Waals surface area (Å²) in [5.74, 6) is -0.0899. The first-order valence-corrected chi connectivity index (χ1v) is 9.02. The number of anilines is 1. The van der Waals surface area contributed by atoms with Crippen molar-refractivity contribution in [2.24, 2.45) is 0 Å². The molecule has 1 fully saturated rings. The van der Waals surface area contributed by atoms with Crippen LogP contribution in [0.15, 0.2) is 18.2 Å². The van der Waals surface area contributed by atoms with E-state index in [1.165, 1.54) is 0 Å². The van der Waals surface area contributed by atoms with Crippen LogP contribution in [0, 0.1) is 12.3 Å². The second-order valence-corrected chi connectivity index (χ2v) is 6.91. The van der Waals surface area contributed by atoms with Crippen molar-refractivity contribution in [3.63, 3.8) is 0 Å². The quantitative estimate of drug-likeness (QED) is 0.837. The first kappa shape index (κ1) is 16.7. The highest BCUT2D eigenvalue weighted by Gasteiger charge is 2.30. The summed E-state index contributed by atoms with van der Waals surface area (Å²) in [6.07, 6.45) is 4.39. The Labute approximate surface area is 134 Å². The molecule has 1 amide bonds. The fourth-order valence-corrected chi connectivity index (χ4v) is 3.35. The average Bonchev–Trinajstić information content (AvgIpc) is 2.48. The topological polar surface area (TPSA) is 73.3 Å². The zero-order valence-corrected chi connectivity index (χ0v) is 14.1. The summed E-state index contributed by atoms with van der Waals surface area (Å²) in [5, 5.41) is 7.93. The van der Waals surface area contributed by atoms with E-state index in [0.29, 0.717) is 23.5 Å². The van der Waals surface area contributed by atoms with Gasteiger partial charge in [0.05, 0.1) is 17.3 Å². The molecule has 22 heavy (non-hydrogen) atoms. The van der Waals surface area contributed by atoms with E-state index in [1.54, 1.807) is 24.1 Å². The molecule has 1 aliphatic rings. The van der Waals surface area contributed by atoms with Crippen LogP contribution in [0.1, 0.15) is 42.1 Å². The van der Waals surface area contributed by atoms with Gasteiger partial charge < -0.3 is 15.0 Å². The minimum absolute atomic E-state index is 0.0899. The number of aryl methyl sites for hydroxylation is 1. The molecule has 0 radical (unpaired) electrons. The molecule has 6 heteroatoms. The summed E-state index contributed by atoms with van der Waals surface area (Å²) in [5.41, 5.74) is 2.62. The normalized spacial score (nSPS) is 19.6. The van der Waals surface area contributed by atoms with Gasteiger partial charge in [-0.25, -0.2) is 4.21 Å². The maximum absolute atomic E-state index is 13.0. The van der Waals surface area contributed by atoms with Crippen molar-refractivity contribution in [3.8, 4) is 0 Å². The van der Waals surface area contributed by atoms with Crippen LogP contribution in [0.5, 0.6) is 0 Å². The number of hydrogen-bond donors (Lipinski definition) is 2. The van der Waals surface area contributed by atoms with Crippen LogP contribution in [0.3, 0.4) is 0 Å². The van der Waals surface area contributed by atoms with Gasteiger partial charge in [0.25, 0.3) is 5.91 Å². The molecular weight excluding hydrogens is 298 g/mol. The van der Waals surface area contributed by atoms with Gasteiger partial charge in [0.15, 0.2) is 0 Å². The Balaban J connectivity index is 2.36. The van der Waals surface area contributed by atoms with E-state index in [0.717, 1.165) is 24.8 Å². The lowest BCUT2D eigenvalue weighted by Crippen LogP contribution is -2.47. The van der Waals surface area contributed by atoms with Crippen molar-refractivity contribution in [2.75, 3.05) is 17.5 Å². The number of benzene rings is 1. The number of likely N-dealkylation sites (tertiary alicyclic amines) is 1. The zero-order chi connectivity index (χ0) is 16.3. The fourth-order valence-electron chi connectivity index (χ4n) is 2.86. The van der Waals surface area contributed by atoms with Crippen LogP contribution in [0.4, 0.5) is 5.69 Å². The SMILES string of the molecule is CC(=N)C1CCCCN1C(=O)c1cc(C)ccc1NS(C)=O. The summed E-state index contributed by atoms with van der Waals surface area (Å²) in [6, 6.07) is 5.38. The fraction of sp³-hybridized carbons (Fsp3) is 0.500. The molecule has 1 aromatic carbocycles. The lowest BCUT2D eigenvalue weighted by Gasteiger charge is -2.35. The number of carbonyl (C=O) groups excluding carboxylic acids is 1. The Morgan fingerprint density at radius 3 is 2.77 bits per heavy atom. The van der Waals surface area contributed by atoms with Gasteiger partial charge in [0, 0.05) is 18.5 Å². The molecule has 2 atom stereocenters. The van der Waals surface area contributed by atoms with Gasteiger partial charge in [-0.05, 0) is 45.2 Å². The van der Waals surface area contributed by atoms with E-state index in [-0.39, 0.29) is 11.9 Å². The van der Waals surface area contributed by atoms with Gasteiger partial charge >= 0.3 is 0 Å². The summed E-state index contributed by atoms with van der Waals surface area (Å²) >= 11 is 0. The minimum Gasteiger partial charge on any atom is -0.330 e. The molecule has 1 heterocycles. The first-order chi connectivity index (χ1) is 10.4. The van der Waals surface area contributed by atoms with Crippen LogP contribution in [-0.2, 0) is 11.0 Å². The lowest BCUT2D eigenvalue weighted by atomic mass is 9.97. The second kappa shape index (κ2) is 7.05. The van der Waals surface area contributed by atoms with Gasteiger partial charge in [-0.15, -0.1) is 0 Å². The van der Waals surface area contributed by atoms with Crippen molar-refractivity contribution >= 4 is 28.3 Å². The number of carbonyl (C=O) groups is 1. The largest absolute Gasteiger partial charge is 0.330 e. The molecule has 5 nitrogen and oxygen atoms in total. The van der Waals surface area contributed by atoms with Gasteiger partial charge in [0.2, 0.25) is 0 Å². The third-order valence-electron chi connectivity index (χ3n) is 3.92. The predicted molar refractivity (Wildman–Crippen MR) is 90.9 cm³/mol. The summed E-state index contributed by atoms with van der Waals surface area (Å²) in [7, 11) is -1.24.